The maximum Gasteiger partial charge on any atom is 0.120 e. The molecule has 0 aliphatic rings. The zero-order valence-corrected chi connectivity index (χ0v) is 13.1. The number of hydrogen-bond donors (Lipinski definition) is 1. The van der Waals surface area contributed by atoms with Crippen molar-refractivity contribution in [3.8, 4) is 5.75 Å². The fraction of sp³-hybridized carbons (Fsp3) is 0.200. The molecule has 100 valence electrons. The molecule has 0 saturated heterocycles. The van der Waals surface area contributed by atoms with Crippen molar-refractivity contribution in [3.05, 3.63) is 62.6 Å². The Balaban J connectivity index is 2.38. The second-order valence-corrected chi connectivity index (χ2v) is 5.64. The first-order chi connectivity index (χ1) is 9.02. The fourth-order valence-corrected chi connectivity index (χ4v) is 2.55. The highest BCUT2D eigenvalue weighted by atomic mass is 79.9. The van der Waals surface area contributed by atoms with Gasteiger partial charge in [-0.15, -0.1) is 0 Å². The minimum atomic E-state index is -0.254. The van der Waals surface area contributed by atoms with Crippen LogP contribution >= 0.6 is 27.5 Å². The van der Waals surface area contributed by atoms with E-state index < -0.39 is 0 Å². The molecule has 0 heterocycles. The average molecular weight is 341 g/mol. The van der Waals surface area contributed by atoms with E-state index in [9.17, 15) is 0 Å². The number of rotatable bonds is 3. The minimum Gasteiger partial charge on any atom is -0.497 e. The van der Waals surface area contributed by atoms with Gasteiger partial charge in [-0.1, -0.05) is 45.7 Å². The monoisotopic (exact) mass is 339 g/mol. The molecule has 0 fully saturated rings. The third-order valence-electron chi connectivity index (χ3n) is 3.10. The normalized spacial score (nSPS) is 12.3. The van der Waals surface area contributed by atoms with E-state index in [1.807, 2.05) is 37.3 Å². The first-order valence-electron chi connectivity index (χ1n) is 5.88. The zero-order valence-electron chi connectivity index (χ0n) is 10.8. The van der Waals surface area contributed by atoms with Gasteiger partial charge >= 0.3 is 0 Å². The van der Waals surface area contributed by atoms with Crippen LogP contribution in [0.4, 0.5) is 0 Å². The zero-order chi connectivity index (χ0) is 14.0. The Morgan fingerprint density at radius 3 is 2.53 bits per heavy atom. The van der Waals surface area contributed by atoms with Gasteiger partial charge in [0.05, 0.1) is 13.2 Å². The molecule has 0 amide bonds. The Hall–Kier alpha value is -1.03. The van der Waals surface area contributed by atoms with Crippen LogP contribution in [0.25, 0.3) is 0 Å². The summed E-state index contributed by atoms with van der Waals surface area (Å²) in [7, 11) is 1.61. The van der Waals surface area contributed by atoms with Crippen LogP contribution < -0.4 is 10.5 Å². The smallest absolute Gasteiger partial charge is 0.120 e. The molecule has 1 unspecified atom stereocenters. The van der Waals surface area contributed by atoms with Gasteiger partial charge in [0.1, 0.15) is 5.75 Å². The number of aryl methyl sites for hydroxylation is 1. The SMILES string of the molecule is COc1ccc(C(N)c2ccc(C)c(Br)c2)c(Cl)c1. The van der Waals surface area contributed by atoms with Crippen molar-refractivity contribution in [2.75, 3.05) is 7.11 Å². The van der Waals surface area contributed by atoms with Gasteiger partial charge in [0, 0.05) is 9.50 Å². The molecule has 2 aromatic carbocycles. The molecular formula is C15H15BrClNO. The summed E-state index contributed by atoms with van der Waals surface area (Å²) in [4.78, 5) is 0. The lowest BCUT2D eigenvalue weighted by molar-refractivity contribution is 0.414. The molecule has 2 rings (SSSR count). The average Bonchev–Trinajstić information content (AvgIpc) is 2.41. The summed E-state index contributed by atoms with van der Waals surface area (Å²) in [5, 5.41) is 0.614. The number of nitrogens with two attached hydrogens (primary N) is 1. The number of halogens is 2. The lowest BCUT2D eigenvalue weighted by Gasteiger charge is -2.16. The third kappa shape index (κ3) is 3.11. The van der Waals surface area contributed by atoms with E-state index in [0.717, 1.165) is 21.3 Å². The van der Waals surface area contributed by atoms with Crippen molar-refractivity contribution < 1.29 is 4.74 Å². The highest BCUT2D eigenvalue weighted by molar-refractivity contribution is 9.10. The van der Waals surface area contributed by atoms with Gasteiger partial charge < -0.3 is 10.5 Å². The third-order valence-corrected chi connectivity index (χ3v) is 4.28. The number of benzene rings is 2. The predicted octanol–water partition coefficient (Wildman–Crippen LogP) is 4.47. The molecule has 0 aliphatic heterocycles. The summed E-state index contributed by atoms with van der Waals surface area (Å²) in [6.07, 6.45) is 0. The molecule has 0 aliphatic carbocycles. The van der Waals surface area contributed by atoms with E-state index in [4.69, 9.17) is 22.1 Å². The second-order valence-electron chi connectivity index (χ2n) is 4.37. The van der Waals surface area contributed by atoms with Crippen molar-refractivity contribution in [2.45, 2.75) is 13.0 Å². The molecule has 0 bridgehead atoms. The van der Waals surface area contributed by atoms with Gasteiger partial charge in [0.25, 0.3) is 0 Å². The van der Waals surface area contributed by atoms with Gasteiger partial charge in [0.15, 0.2) is 0 Å². The Morgan fingerprint density at radius 2 is 1.95 bits per heavy atom. The summed E-state index contributed by atoms with van der Waals surface area (Å²) in [5.41, 5.74) is 9.36. The Labute approximate surface area is 126 Å². The van der Waals surface area contributed by atoms with Crippen molar-refractivity contribution in [1.29, 1.82) is 0 Å². The van der Waals surface area contributed by atoms with E-state index in [2.05, 4.69) is 15.9 Å². The van der Waals surface area contributed by atoms with Gasteiger partial charge in [-0.3, -0.25) is 0 Å². The Morgan fingerprint density at radius 1 is 1.21 bits per heavy atom. The summed E-state index contributed by atoms with van der Waals surface area (Å²) in [6.45, 7) is 2.04. The van der Waals surface area contributed by atoms with Crippen LogP contribution in [0.5, 0.6) is 5.75 Å². The van der Waals surface area contributed by atoms with E-state index >= 15 is 0 Å². The molecule has 1 atom stereocenters. The molecule has 19 heavy (non-hydrogen) atoms. The van der Waals surface area contributed by atoms with Gasteiger partial charge in [-0.2, -0.15) is 0 Å². The van der Waals surface area contributed by atoms with Crippen LogP contribution in [-0.4, -0.2) is 7.11 Å². The van der Waals surface area contributed by atoms with Crippen molar-refractivity contribution in [2.24, 2.45) is 5.73 Å². The predicted molar refractivity (Wildman–Crippen MR) is 82.9 cm³/mol. The van der Waals surface area contributed by atoms with Crippen LogP contribution in [0.15, 0.2) is 40.9 Å². The standard InChI is InChI=1S/C15H15BrClNO/c1-9-3-4-10(7-13(9)16)15(18)12-6-5-11(19-2)8-14(12)17/h3-8,15H,18H2,1-2H3. The first kappa shape index (κ1) is 14.4. The summed E-state index contributed by atoms with van der Waals surface area (Å²) in [5.74, 6) is 0.728. The Kier molecular flexibility index (Phi) is 4.50. The molecule has 4 heteroatoms. The first-order valence-corrected chi connectivity index (χ1v) is 7.05. The molecule has 0 radical (unpaired) electrons. The maximum absolute atomic E-state index is 6.28. The quantitative estimate of drug-likeness (QED) is 0.895. The molecule has 0 spiro atoms. The minimum absolute atomic E-state index is 0.254. The van der Waals surface area contributed by atoms with E-state index in [1.165, 1.54) is 5.56 Å². The fourth-order valence-electron chi connectivity index (χ4n) is 1.87. The number of methoxy groups -OCH3 is 1. The van der Waals surface area contributed by atoms with Crippen LogP contribution in [0.1, 0.15) is 22.7 Å². The van der Waals surface area contributed by atoms with Gasteiger partial charge in [-0.05, 0) is 41.8 Å². The van der Waals surface area contributed by atoms with E-state index in [-0.39, 0.29) is 6.04 Å². The molecule has 0 saturated carbocycles. The Bertz CT molecular complexity index is 601. The summed E-state index contributed by atoms with van der Waals surface area (Å²) < 4.78 is 6.18. The second kappa shape index (κ2) is 5.95. The molecule has 2 aromatic rings. The molecule has 2 nitrogen and oxygen atoms in total. The lowest BCUT2D eigenvalue weighted by atomic mass is 9.98. The van der Waals surface area contributed by atoms with E-state index in [1.54, 1.807) is 13.2 Å². The number of hydrogen-bond acceptors (Lipinski definition) is 2. The largest absolute Gasteiger partial charge is 0.497 e. The van der Waals surface area contributed by atoms with E-state index in [0.29, 0.717) is 5.02 Å². The van der Waals surface area contributed by atoms with Crippen molar-refractivity contribution in [3.63, 3.8) is 0 Å². The topological polar surface area (TPSA) is 35.2 Å². The van der Waals surface area contributed by atoms with Crippen molar-refractivity contribution in [1.82, 2.24) is 0 Å². The lowest BCUT2D eigenvalue weighted by Crippen LogP contribution is -2.12. The highest BCUT2D eigenvalue weighted by Crippen LogP contribution is 2.31. The van der Waals surface area contributed by atoms with Crippen LogP contribution in [-0.2, 0) is 0 Å². The van der Waals surface area contributed by atoms with Crippen molar-refractivity contribution >= 4 is 27.5 Å². The molecule has 2 N–H and O–H groups in total. The summed E-state index contributed by atoms with van der Waals surface area (Å²) in [6, 6.07) is 11.4. The highest BCUT2D eigenvalue weighted by Gasteiger charge is 2.14. The molecule has 0 aromatic heterocycles. The summed E-state index contributed by atoms with van der Waals surface area (Å²) >= 11 is 9.77. The van der Waals surface area contributed by atoms with Crippen LogP contribution in [0, 0.1) is 6.92 Å². The maximum atomic E-state index is 6.28. The number of ether oxygens (including phenoxy) is 1. The van der Waals surface area contributed by atoms with Crippen LogP contribution in [0.3, 0.4) is 0 Å². The van der Waals surface area contributed by atoms with Crippen LogP contribution in [0.2, 0.25) is 5.02 Å². The molecular weight excluding hydrogens is 326 g/mol. The van der Waals surface area contributed by atoms with Gasteiger partial charge in [0.2, 0.25) is 0 Å². The van der Waals surface area contributed by atoms with Gasteiger partial charge in [-0.25, -0.2) is 0 Å².